The predicted octanol–water partition coefficient (Wildman–Crippen LogP) is 5.44. The topological polar surface area (TPSA) is 111 Å². The molecule has 0 aliphatic rings. The number of fused-ring (bicyclic) bond motifs is 1. The fourth-order valence-corrected chi connectivity index (χ4v) is 4.95. The van der Waals surface area contributed by atoms with E-state index in [9.17, 15) is 9.59 Å². The second-order valence-electron chi connectivity index (χ2n) is 11.0. The van der Waals surface area contributed by atoms with Gasteiger partial charge in [0.2, 0.25) is 5.91 Å². The van der Waals surface area contributed by atoms with Gasteiger partial charge in [-0.05, 0) is 61.1 Å². The van der Waals surface area contributed by atoms with Gasteiger partial charge in [0.05, 0.1) is 6.54 Å². The highest BCUT2D eigenvalue weighted by Gasteiger charge is 2.18. The summed E-state index contributed by atoms with van der Waals surface area (Å²) in [5.41, 5.74) is 8.48. The van der Waals surface area contributed by atoms with Crippen LogP contribution < -0.4 is 10.6 Å². The van der Waals surface area contributed by atoms with Crippen LogP contribution in [-0.2, 0) is 17.9 Å². The maximum absolute atomic E-state index is 12.1. The third-order valence-electron chi connectivity index (χ3n) is 7.12. The minimum Gasteiger partial charge on any atom is -0.354 e. The van der Waals surface area contributed by atoms with Crippen molar-refractivity contribution in [1.29, 1.82) is 0 Å². The zero-order valence-electron chi connectivity index (χ0n) is 25.3. The van der Waals surface area contributed by atoms with Crippen LogP contribution in [0.3, 0.4) is 0 Å². The van der Waals surface area contributed by atoms with Crippen molar-refractivity contribution in [2.75, 3.05) is 40.1 Å². The van der Waals surface area contributed by atoms with Crippen molar-refractivity contribution in [3.05, 3.63) is 78.6 Å². The van der Waals surface area contributed by atoms with Crippen molar-refractivity contribution in [2.24, 2.45) is 0 Å². The lowest BCUT2D eigenvalue weighted by atomic mass is 9.99. The molecular weight excluding hydrogens is 540 g/mol. The van der Waals surface area contributed by atoms with Crippen molar-refractivity contribution in [3.8, 4) is 33.6 Å². The zero-order chi connectivity index (χ0) is 30.5. The molecule has 0 spiro atoms. The Labute approximate surface area is 251 Å². The van der Waals surface area contributed by atoms with Gasteiger partial charge in [0, 0.05) is 73.9 Å². The number of H-pyrrole nitrogens is 1. The quantitative estimate of drug-likeness (QED) is 0.204. The Balaban J connectivity index is 1.54. The lowest BCUT2D eigenvalue weighted by molar-refractivity contribution is -0.120. The molecule has 3 amide bonds. The number of pyridine rings is 1. The molecule has 0 radical (unpaired) electrons. The summed E-state index contributed by atoms with van der Waals surface area (Å²) in [5, 5.41) is 11.7. The van der Waals surface area contributed by atoms with Crippen LogP contribution in [0, 0.1) is 0 Å². The molecule has 3 heterocycles. The van der Waals surface area contributed by atoms with Crippen LogP contribution in [0.1, 0.15) is 18.9 Å². The predicted molar refractivity (Wildman–Crippen MR) is 172 cm³/mol. The lowest BCUT2D eigenvalue weighted by Crippen LogP contribution is -2.27. The molecule has 3 aromatic heterocycles. The molecule has 0 aliphatic heterocycles. The lowest BCUT2D eigenvalue weighted by Gasteiger charge is -2.12. The second kappa shape index (κ2) is 12.9. The average molecular weight is 579 g/mol. The molecule has 10 nitrogen and oxygen atoms in total. The van der Waals surface area contributed by atoms with Crippen LogP contribution in [0.5, 0.6) is 0 Å². The first-order valence-corrected chi connectivity index (χ1v) is 14.4. The molecule has 43 heavy (non-hydrogen) atoms. The van der Waals surface area contributed by atoms with E-state index in [1.165, 1.54) is 10.5 Å². The minimum absolute atomic E-state index is 0.00769. The van der Waals surface area contributed by atoms with E-state index in [4.69, 9.17) is 5.10 Å². The van der Waals surface area contributed by atoms with Crippen LogP contribution in [0.4, 0.5) is 10.5 Å². The molecule has 0 saturated carbocycles. The van der Waals surface area contributed by atoms with E-state index in [2.05, 4.69) is 69.9 Å². The van der Waals surface area contributed by atoms with E-state index < -0.39 is 0 Å². The third-order valence-corrected chi connectivity index (χ3v) is 7.12. The maximum Gasteiger partial charge on any atom is 0.321 e. The number of amides is 3. The Morgan fingerprint density at radius 2 is 1.74 bits per heavy atom. The van der Waals surface area contributed by atoms with Gasteiger partial charge >= 0.3 is 6.03 Å². The molecule has 0 atom stereocenters. The van der Waals surface area contributed by atoms with Crippen molar-refractivity contribution < 1.29 is 9.59 Å². The molecular formula is C33H38N8O2. The summed E-state index contributed by atoms with van der Waals surface area (Å²) in [7, 11) is 7.53. The summed E-state index contributed by atoms with van der Waals surface area (Å²) >= 11 is 0. The Bertz CT molecular complexity index is 1730. The average Bonchev–Trinajstić information content (AvgIpc) is 3.62. The number of anilines is 1. The van der Waals surface area contributed by atoms with Crippen molar-refractivity contribution in [3.63, 3.8) is 0 Å². The summed E-state index contributed by atoms with van der Waals surface area (Å²) in [5.74, 6) is 0.00769. The fraction of sp³-hybridized carbons (Fsp3) is 0.273. The van der Waals surface area contributed by atoms with E-state index in [1.54, 1.807) is 14.1 Å². The maximum atomic E-state index is 12.1. The number of hydrogen-bond donors (Lipinski definition) is 3. The van der Waals surface area contributed by atoms with E-state index in [0.717, 1.165) is 51.2 Å². The highest BCUT2D eigenvalue weighted by molar-refractivity contribution is 5.99. The van der Waals surface area contributed by atoms with Crippen LogP contribution in [-0.4, -0.2) is 76.2 Å². The molecule has 2 aromatic carbocycles. The van der Waals surface area contributed by atoms with Crippen molar-refractivity contribution in [1.82, 2.24) is 34.9 Å². The molecule has 0 bridgehead atoms. The highest BCUT2D eigenvalue weighted by atomic mass is 16.2. The number of carbonyl (C=O) groups excluding carboxylic acids is 2. The number of urea groups is 1. The van der Waals surface area contributed by atoms with Gasteiger partial charge in [0.1, 0.15) is 11.3 Å². The number of hydrogen-bond acceptors (Lipinski definition) is 5. The number of aromatic amines is 1. The normalized spacial score (nSPS) is 11.2. The van der Waals surface area contributed by atoms with Crippen LogP contribution >= 0.6 is 0 Å². The van der Waals surface area contributed by atoms with Gasteiger partial charge in [-0.15, -0.1) is 0 Å². The first kappa shape index (κ1) is 29.5. The number of nitrogens with one attached hydrogen (secondary N) is 3. The highest BCUT2D eigenvalue weighted by Crippen LogP contribution is 2.37. The molecule has 0 aliphatic carbocycles. The van der Waals surface area contributed by atoms with Gasteiger partial charge in [0.15, 0.2) is 0 Å². The third kappa shape index (κ3) is 6.92. The smallest absolute Gasteiger partial charge is 0.321 e. The van der Waals surface area contributed by atoms with Gasteiger partial charge < -0.3 is 25.4 Å². The molecule has 0 unspecified atom stereocenters. The number of rotatable bonds is 10. The van der Waals surface area contributed by atoms with Gasteiger partial charge in [-0.25, -0.2) is 9.78 Å². The minimum atomic E-state index is -0.193. The van der Waals surface area contributed by atoms with E-state index in [0.29, 0.717) is 25.2 Å². The molecule has 3 N–H and O–H groups in total. The van der Waals surface area contributed by atoms with Crippen LogP contribution in [0.15, 0.2) is 73.1 Å². The molecule has 5 rings (SSSR count). The molecule has 222 valence electrons. The van der Waals surface area contributed by atoms with Crippen LogP contribution in [0.2, 0.25) is 0 Å². The molecule has 10 heteroatoms. The number of aromatic nitrogens is 4. The summed E-state index contributed by atoms with van der Waals surface area (Å²) in [6.07, 6.45) is 4.27. The SMILES string of the molecule is CCC(=O)NCCn1cc(-c2ccnc3[nH]c(-c4cccc(CN(C)C)c4)cc23)c(-c2ccc(NC(=O)N(C)C)cc2)n1. The van der Waals surface area contributed by atoms with Gasteiger partial charge in [-0.3, -0.25) is 9.48 Å². The van der Waals surface area contributed by atoms with Crippen molar-refractivity contribution in [2.45, 2.75) is 26.4 Å². The summed E-state index contributed by atoms with van der Waals surface area (Å²) in [6.45, 7) is 3.70. The number of carbonyl (C=O) groups is 2. The van der Waals surface area contributed by atoms with E-state index >= 15 is 0 Å². The zero-order valence-corrected chi connectivity index (χ0v) is 25.3. The van der Waals surface area contributed by atoms with E-state index in [1.807, 2.05) is 54.3 Å². The monoisotopic (exact) mass is 578 g/mol. The number of benzene rings is 2. The van der Waals surface area contributed by atoms with Gasteiger partial charge in [-0.2, -0.15) is 5.10 Å². The van der Waals surface area contributed by atoms with Gasteiger partial charge in [0.25, 0.3) is 0 Å². The summed E-state index contributed by atoms with van der Waals surface area (Å²) in [4.78, 5) is 35.7. The Morgan fingerprint density at radius 3 is 2.47 bits per heavy atom. The van der Waals surface area contributed by atoms with Crippen molar-refractivity contribution >= 4 is 28.7 Å². The summed E-state index contributed by atoms with van der Waals surface area (Å²) in [6, 6.07) is 20.2. The first-order chi connectivity index (χ1) is 20.7. The Kier molecular flexibility index (Phi) is 8.87. The Hall–Kier alpha value is -4.96. The van der Waals surface area contributed by atoms with Crippen LogP contribution in [0.25, 0.3) is 44.7 Å². The van der Waals surface area contributed by atoms with Gasteiger partial charge in [-0.1, -0.05) is 37.3 Å². The number of nitrogens with zero attached hydrogens (tertiary/aromatic N) is 5. The molecule has 0 fully saturated rings. The first-order valence-electron chi connectivity index (χ1n) is 14.4. The molecule has 0 saturated heterocycles. The largest absolute Gasteiger partial charge is 0.354 e. The standard InChI is InChI=1S/C33H38N8O2/c1-6-30(42)34-16-17-41-21-28(31(38-41)23-10-12-25(13-11-23)36-33(43)40(4)5)26-14-15-35-32-27(26)19-29(37-32)24-9-7-8-22(18-24)20-39(2)3/h7-15,18-19,21H,6,16-17,20H2,1-5H3,(H,34,42)(H,35,37)(H,36,43). The summed E-state index contributed by atoms with van der Waals surface area (Å²) < 4.78 is 1.87. The Morgan fingerprint density at radius 1 is 0.953 bits per heavy atom. The van der Waals surface area contributed by atoms with E-state index in [-0.39, 0.29) is 11.9 Å². The molecule has 5 aromatic rings. The fourth-order valence-electron chi connectivity index (χ4n) is 4.95. The second-order valence-corrected chi connectivity index (χ2v) is 11.0.